The van der Waals surface area contributed by atoms with Crippen molar-refractivity contribution in [3.8, 4) is 11.8 Å². The van der Waals surface area contributed by atoms with E-state index in [2.05, 4.69) is 16.6 Å². The predicted octanol–water partition coefficient (Wildman–Crippen LogP) is 0.208. The maximum atomic E-state index is 10.9. The zero-order valence-corrected chi connectivity index (χ0v) is 10.2. The van der Waals surface area contributed by atoms with Crippen molar-refractivity contribution in [1.82, 2.24) is 0 Å². The minimum atomic E-state index is -3.77. The van der Waals surface area contributed by atoms with Gasteiger partial charge in [-0.25, -0.2) is 5.14 Å². The molecule has 0 aromatic heterocycles. The van der Waals surface area contributed by atoms with Gasteiger partial charge in [0.2, 0.25) is 0 Å². The SMILES string of the molecule is CCc1cc(C#CCO)ccc1NS(N)(=O)=O. The average Bonchev–Trinajstić information content (AvgIpc) is 2.25. The molecule has 0 aliphatic rings. The number of nitrogens with one attached hydrogen (secondary N) is 1. The lowest BCUT2D eigenvalue weighted by Crippen LogP contribution is -2.22. The number of rotatable bonds is 3. The Balaban J connectivity index is 3.09. The van der Waals surface area contributed by atoms with Gasteiger partial charge in [-0.1, -0.05) is 18.8 Å². The summed E-state index contributed by atoms with van der Waals surface area (Å²) < 4.78 is 24.1. The topological polar surface area (TPSA) is 92.4 Å². The van der Waals surface area contributed by atoms with Gasteiger partial charge in [-0.3, -0.25) is 4.72 Å². The van der Waals surface area contributed by atoms with Crippen molar-refractivity contribution in [2.45, 2.75) is 13.3 Å². The molecule has 17 heavy (non-hydrogen) atoms. The third-order valence-corrected chi connectivity index (χ3v) is 2.55. The van der Waals surface area contributed by atoms with E-state index in [0.717, 1.165) is 11.1 Å². The first-order chi connectivity index (χ1) is 7.96. The highest BCUT2D eigenvalue weighted by molar-refractivity contribution is 7.90. The highest BCUT2D eigenvalue weighted by Crippen LogP contribution is 2.18. The van der Waals surface area contributed by atoms with E-state index in [4.69, 9.17) is 10.2 Å². The summed E-state index contributed by atoms with van der Waals surface area (Å²) in [6.45, 7) is 1.69. The molecular weight excluding hydrogens is 240 g/mol. The molecule has 4 N–H and O–H groups in total. The van der Waals surface area contributed by atoms with E-state index in [9.17, 15) is 8.42 Å². The Labute approximate surface area is 101 Å². The predicted molar refractivity (Wildman–Crippen MR) is 66.5 cm³/mol. The summed E-state index contributed by atoms with van der Waals surface area (Å²) in [6, 6.07) is 5.02. The number of nitrogens with two attached hydrogens (primary N) is 1. The lowest BCUT2D eigenvalue weighted by atomic mass is 10.1. The van der Waals surface area contributed by atoms with Crippen LogP contribution >= 0.6 is 0 Å². The second kappa shape index (κ2) is 5.68. The largest absolute Gasteiger partial charge is 0.384 e. The van der Waals surface area contributed by atoms with Gasteiger partial charge in [0.1, 0.15) is 6.61 Å². The molecule has 0 amide bonds. The molecule has 0 saturated carbocycles. The highest BCUT2D eigenvalue weighted by Gasteiger charge is 2.06. The van der Waals surface area contributed by atoms with Crippen LogP contribution in [-0.4, -0.2) is 20.1 Å². The van der Waals surface area contributed by atoms with Crippen molar-refractivity contribution >= 4 is 15.9 Å². The van der Waals surface area contributed by atoms with Crippen molar-refractivity contribution in [2.75, 3.05) is 11.3 Å². The molecule has 0 saturated heterocycles. The number of hydrogen-bond donors (Lipinski definition) is 3. The zero-order chi connectivity index (χ0) is 12.9. The maximum Gasteiger partial charge on any atom is 0.296 e. The summed E-state index contributed by atoms with van der Waals surface area (Å²) in [5, 5.41) is 13.5. The first kappa shape index (κ1) is 13.5. The minimum Gasteiger partial charge on any atom is -0.384 e. The van der Waals surface area contributed by atoms with Gasteiger partial charge >= 0.3 is 0 Å². The normalized spacial score (nSPS) is 10.5. The van der Waals surface area contributed by atoms with Gasteiger partial charge in [0.15, 0.2) is 0 Å². The maximum absolute atomic E-state index is 10.9. The molecule has 0 aliphatic heterocycles. The van der Waals surface area contributed by atoms with Crippen LogP contribution in [0.5, 0.6) is 0 Å². The van der Waals surface area contributed by atoms with Crippen LogP contribution in [0.25, 0.3) is 0 Å². The van der Waals surface area contributed by atoms with Crippen LogP contribution in [0.3, 0.4) is 0 Å². The average molecular weight is 254 g/mol. The fourth-order valence-corrected chi connectivity index (χ4v) is 1.86. The molecule has 0 spiro atoms. The molecule has 5 nitrogen and oxygen atoms in total. The number of anilines is 1. The summed E-state index contributed by atoms with van der Waals surface area (Å²) in [7, 11) is -3.77. The summed E-state index contributed by atoms with van der Waals surface area (Å²) in [5.41, 5.74) is 1.96. The lowest BCUT2D eigenvalue weighted by Gasteiger charge is -2.09. The van der Waals surface area contributed by atoms with Gasteiger partial charge < -0.3 is 5.11 Å². The zero-order valence-electron chi connectivity index (χ0n) is 9.40. The first-order valence-corrected chi connectivity index (χ1v) is 6.54. The number of aliphatic hydroxyl groups excluding tert-OH is 1. The Morgan fingerprint density at radius 2 is 2.18 bits per heavy atom. The third kappa shape index (κ3) is 4.44. The van der Waals surface area contributed by atoms with Crippen LogP contribution in [0.15, 0.2) is 18.2 Å². The van der Waals surface area contributed by atoms with Crippen molar-refractivity contribution in [3.05, 3.63) is 29.3 Å². The molecular formula is C11H14N2O3S. The van der Waals surface area contributed by atoms with Gasteiger partial charge in [-0.05, 0) is 30.2 Å². The molecule has 0 radical (unpaired) electrons. The van der Waals surface area contributed by atoms with E-state index in [1.165, 1.54) is 0 Å². The lowest BCUT2D eigenvalue weighted by molar-refractivity contribution is 0.350. The fourth-order valence-electron chi connectivity index (χ4n) is 1.36. The van der Waals surface area contributed by atoms with E-state index in [1.807, 2.05) is 6.92 Å². The molecule has 1 aromatic rings. The van der Waals surface area contributed by atoms with Crippen molar-refractivity contribution in [3.63, 3.8) is 0 Å². The van der Waals surface area contributed by atoms with Crippen molar-refractivity contribution < 1.29 is 13.5 Å². The molecule has 0 unspecified atom stereocenters. The van der Waals surface area contributed by atoms with Crippen molar-refractivity contribution in [1.29, 1.82) is 0 Å². The number of benzene rings is 1. The minimum absolute atomic E-state index is 0.210. The fraction of sp³-hybridized carbons (Fsp3) is 0.273. The molecule has 1 rings (SSSR count). The monoisotopic (exact) mass is 254 g/mol. The summed E-state index contributed by atoms with van der Waals surface area (Å²) in [4.78, 5) is 0. The molecule has 92 valence electrons. The van der Waals surface area contributed by atoms with Gasteiger partial charge in [0.05, 0.1) is 5.69 Å². The second-order valence-electron chi connectivity index (χ2n) is 3.33. The van der Waals surface area contributed by atoms with E-state index in [-0.39, 0.29) is 6.61 Å². The smallest absolute Gasteiger partial charge is 0.296 e. The van der Waals surface area contributed by atoms with Crippen LogP contribution in [0, 0.1) is 11.8 Å². The van der Waals surface area contributed by atoms with E-state index in [1.54, 1.807) is 18.2 Å². The van der Waals surface area contributed by atoms with E-state index >= 15 is 0 Å². The summed E-state index contributed by atoms with van der Waals surface area (Å²) in [6.07, 6.45) is 0.645. The Kier molecular flexibility index (Phi) is 4.52. The van der Waals surface area contributed by atoms with Gasteiger partial charge in [0, 0.05) is 5.56 Å². The molecule has 0 aliphatic carbocycles. The Morgan fingerprint density at radius 3 is 2.71 bits per heavy atom. The van der Waals surface area contributed by atoms with E-state index in [0.29, 0.717) is 12.1 Å². The van der Waals surface area contributed by atoms with Crippen LogP contribution in [-0.2, 0) is 16.6 Å². The quantitative estimate of drug-likeness (QED) is 0.673. The van der Waals surface area contributed by atoms with Crippen molar-refractivity contribution in [2.24, 2.45) is 5.14 Å². The summed E-state index contributed by atoms with van der Waals surface area (Å²) in [5.74, 6) is 5.28. The second-order valence-corrected chi connectivity index (χ2v) is 4.63. The Morgan fingerprint density at radius 1 is 1.47 bits per heavy atom. The summed E-state index contributed by atoms with van der Waals surface area (Å²) >= 11 is 0. The Hall–Kier alpha value is -1.55. The van der Waals surface area contributed by atoms with Gasteiger partial charge in [-0.15, -0.1) is 0 Å². The van der Waals surface area contributed by atoms with Crippen LogP contribution < -0.4 is 9.86 Å². The van der Waals surface area contributed by atoms with Crippen LogP contribution in [0.2, 0.25) is 0 Å². The third-order valence-electron chi connectivity index (χ3n) is 2.05. The standard InChI is InChI=1S/C11H14N2O3S/c1-2-10-8-9(4-3-7-14)5-6-11(10)13-17(12,15)16/h5-6,8,13-14H,2,7H2,1H3,(H2,12,15,16). The first-order valence-electron chi connectivity index (χ1n) is 4.99. The van der Waals surface area contributed by atoms with Gasteiger partial charge in [0.25, 0.3) is 10.2 Å². The van der Waals surface area contributed by atoms with E-state index < -0.39 is 10.2 Å². The molecule has 0 heterocycles. The van der Waals surface area contributed by atoms with Crippen LogP contribution in [0.4, 0.5) is 5.69 Å². The highest BCUT2D eigenvalue weighted by atomic mass is 32.2. The Bertz CT molecular complexity index is 556. The molecule has 0 bridgehead atoms. The molecule has 0 fully saturated rings. The number of aliphatic hydroxyl groups is 1. The van der Waals surface area contributed by atoms with Crippen LogP contribution in [0.1, 0.15) is 18.1 Å². The molecule has 6 heteroatoms. The molecule has 0 atom stereocenters. The van der Waals surface area contributed by atoms with Gasteiger partial charge in [-0.2, -0.15) is 8.42 Å². The molecule has 1 aromatic carbocycles. The number of hydrogen-bond acceptors (Lipinski definition) is 3. The number of aryl methyl sites for hydroxylation is 1.